The van der Waals surface area contributed by atoms with Gasteiger partial charge in [0.25, 0.3) is 5.91 Å². The van der Waals surface area contributed by atoms with Crippen molar-refractivity contribution in [3.05, 3.63) is 65.2 Å². The van der Waals surface area contributed by atoms with Gasteiger partial charge < -0.3 is 4.90 Å². The molecule has 0 saturated carbocycles. The van der Waals surface area contributed by atoms with E-state index in [1.54, 1.807) is 55.6 Å². The largest absolute Gasteiger partial charge is 0.310 e. The first-order valence-electron chi connectivity index (χ1n) is 5.94. The lowest BCUT2D eigenvalue weighted by Crippen LogP contribution is -2.26. The minimum absolute atomic E-state index is 0.225. The molecule has 96 valence electrons. The highest BCUT2D eigenvalue weighted by Crippen LogP contribution is 2.20. The van der Waals surface area contributed by atoms with Crippen molar-refractivity contribution in [1.29, 1.82) is 10.5 Å². The normalized spacial score (nSPS) is 9.35. The molecule has 0 heterocycles. The van der Waals surface area contributed by atoms with Gasteiger partial charge in [0.05, 0.1) is 22.9 Å². The van der Waals surface area contributed by atoms with Crippen LogP contribution in [0.5, 0.6) is 0 Å². The number of nitriles is 2. The zero-order chi connectivity index (χ0) is 14.5. The minimum atomic E-state index is -0.225. The van der Waals surface area contributed by atoms with Crippen LogP contribution in [0.15, 0.2) is 48.5 Å². The van der Waals surface area contributed by atoms with Gasteiger partial charge in [0.1, 0.15) is 6.07 Å². The van der Waals surface area contributed by atoms with E-state index in [4.69, 9.17) is 10.5 Å². The van der Waals surface area contributed by atoms with Crippen molar-refractivity contribution in [1.82, 2.24) is 0 Å². The Bertz CT molecular complexity index is 721. The Morgan fingerprint density at radius 3 is 2.25 bits per heavy atom. The quantitative estimate of drug-likeness (QED) is 0.834. The molecule has 0 spiro atoms. The first kappa shape index (κ1) is 13.3. The van der Waals surface area contributed by atoms with Crippen molar-refractivity contribution < 1.29 is 4.79 Å². The highest BCUT2D eigenvalue weighted by Gasteiger charge is 2.15. The van der Waals surface area contributed by atoms with Crippen molar-refractivity contribution in [3.8, 4) is 12.1 Å². The molecule has 0 unspecified atom stereocenters. The van der Waals surface area contributed by atoms with Gasteiger partial charge in [-0.15, -0.1) is 0 Å². The second kappa shape index (κ2) is 5.69. The van der Waals surface area contributed by atoms with E-state index in [9.17, 15) is 4.79 Å². The van der Waals surface area contributed by atoms with Crippen LogP contribution in [-0.4, -0.2) is 13.0 Å². The van der Waals surface area contributed by atoms with E-state index in [0.29, 0.717) is 22.4 Å². The minimum Gasteiger partial charge on any atom is -0.310 e. The van der Waals surface area contributed by atoms with E-state index in [2.05, 4.69) is 6.07 Å². The van der Waals surface area contributed by atoms with Gasteiger partial charge >= 0.3 is 0 Å². The van der Waals surface area contributed by atoms with Gasteiger partial charge in [-0.2, -0.15) is 10.5 Å². The number of carbonyl (C=O) groups is 1. The molecular formula is C16H11N3O. The Balaban J connectivity index is 2.33. The topological polar surface area (TPSA) is 67.9 Å². The monoisotopic (exact) mass is 261 g/mol. The molecular weight excluding hydrogens is 250 g/mol. The maximum absolute atomic E-state index is 12.3. The Hall–Kier alpha value is -3.11. The molecule has 0 aliphatic rings. The van der Waals surface area contributed by atoms with Crippen LogP contribution in [0.25, 0.3) is 0 Å². The first-order valence-corrected chi connectivity index (χ1v) is 5.94. The van der Waals surface area contributed by atoms with E-state index in [-0.39, 0.29) is 5.91 Å². The van der Waals surface area contributed by atoms with Crippen LogP contribution >= 0.6 is 0 Å². The van der Waals surface area contributed by atoms with Crippen molar-refractivity contribution in [2.24, 2.45) is 0 Å². The van der Waals surface area contributed by atoms with Crippen molar-refractivity contribution in [2.45, 2.75) is 0 Å². The van der Waals surface area contributed by atoms with Crippen LogP contribution in [0.3, 0.4) is 0 Å². The molecule has 2 rings (SSSR count). The number of hydrogen-bond acceptors (Lipinski definition) is 3. The fourth-order valence-electron chi connectivity index (χ4n) is 1.85. The molecule has 0 radical (unpaired) electrons. The summed E-state index contributed by atoms with van der Waals surface area (Å²) in [5.74, 6) is -0.225. The summed E-state index contributed by atoms with van der Waals surface area (Å²) >= 11 is 0. The Kier molecular flexibility index (Phi) is 3.79. The molecule has 20 heavy (non-hydrogen) atoms. The average Bonchev–Trinajstić information content (AvgIpc) is 2.53. The number of anilines is 1. The zero-order valence-electron chi connectivity index (χ0n) is 10.9. The Morgan fingerprint density at radius 2 is 1.65 bits per heavy atom. The third-order valence-corrected chi connectivity index (χ3v) is 2.95. The lowest BCUT2D eigenvalue weighted by atomic mass is 10.1. The van der Waals surface area contributed by atoms with Crippen molar-refractivity contribution in [2.75, 3.05) is 11.9 Å². The summed E-state index contributed by atoms with van der Waals surface area (Å²) < 4.78 is 0. The summed E-state index contributed by atoms with van der Waals surface area (Å²) in [6, 6.07) is 17.4. The molecule has 1 amide bonds. The first-order chi connectivity index (χ1) is 9.67. The zero-order valence-corrected chi connectivity index (χ0v) is 10.9. The van der Waals surface area contributed by atoms with Crippen LogP contribution in [0.2, 0.25) is 0 Å². The van der Waals surface area contributed by atoms with E-state index in [0.717, 1.165) is 0 Å². The number of carbonyl (C=O) groups excluding carboxylic acids is 1. The van der Waals surface area contributed by atoms with E-state index < -0.39 is 0 Å². The van der Waals surface area contributed by atoms with Gasteiger partial charge in [-0.05, 0) is 36.4 Å². The smallest absolute Gasteiger partial charge is 0.258 e. The van der Waals surface area contributed by atoms with Crippen molar-refractivity contribution >= 4 is 11.6 Å². The summed E-state index contributed by atoms with van der Waals surface area (Å²) in [6.07, 6.45) is 0. The summed E-state index contributed by atoms with van der Waals surface area (Å²) in [6.45, 7) is 0. The Morgan fingerprint density at radius 1 is 1.00 bits per heavy atom. The highest BCUT2D eigenvalue weighted by molar-refractivity contribution is 6.06. The van der Waals surface area contributed by atoms with Crippen LogP contribution in [0, 0.1) is 22.7 Å². The highest BCUT2D eigenvalue weighted by atomic mass is 16.2. The van der Waals surface area contributed by atoms with Gasteiger partial charge in [0.2, 0.25) is 0 Å². The SMILES string of the molecule is CN(C(=O)c1ccc(C#N)cc1)c1ccccc1C#N. The number of rotatable bonds is 2. The van der Waals surface area contributed by atoms with Crippen LogP contribution in [-0.2, 0) is 0 Å². The van der Waals surface area contributed by atoms with E-state index in [1.807, 2.05) is 6.07 Å². The van der Waals surface area contributed by atoms with Gasteiger partial charge in [-0.1, -0.05) is 12.1 Å². The lowest BCUT2D eigenvalue weighted by Gasteiger charge is -2.18. The van der Waals surface area contributed by atoms with Gasteiger partial charge in [-0.3, -0.25) is 4.79 Å². The van der Waals surface area contributed by atoms with Gasteiger partial charge in [0.15, 0.2) is 0 Å². The van der Waals surface area contributed by atoms with E-state index >= 15 is 0 Å². The number of hydrogen-bond donors (Lipinski definition) is 0. The standard InChI is InChI=1S/C16H11N3O/c1-19(15-5-3-2-4-14(15)11-18)16(20)13-8-6-12(10-17)7-9-13/h2-9H,1H3. The molecule has 0 saturated heterocycles. The predicted molar refractivity (Wildman–Crippen MR) is 75.0 cm³/mol. The van der Waals surface area contributed by atoms with Gasteiger partial charge in [0, 0.05) is 12.6 Å². The summed E-state index contributed by atoms with van der Waals surface area (Å²) in [7, 11) is 1.62. The molecule has 0 atom stereocenters. The Labute approximate surface area is 117 Å². The third-order valence-electron chi connectivity index (χ3n) is 2.95. The molecule has 0 fully saturated rings. The molecule has 0 aromatic heterocycles. The second-order valence-corrected chi connectivity index (χ2v) is 4.18. The molecule has 2 aromatic carbocycles. The molecule has 4 nitrogen and oxygen atoms in total. The fourth-order valence-corrected chi connectivity index (χ4v) is 1.85. The third kappa shape index (κ3) is 2.50. The van der Waals surface area contributed by atoms with Crippen LogP contribution in [0.4, 0.5) is 5.69 Å². The summed E-state index contributed by atoms with van der Waals surface area (Å²) in [5, 5.41) is 17.8. The fraction of sp³-hybridized carbons (Fsp3) is 0.0625. The molecule has 0 aliphatic carbocycles. The van der Waals surface area contributed by atoms with Crippen molar-refractivity contribution in [3.63, 3.8) is 0 Å². The molecule has 0 bridgehead atoms. The maximum Gasteiger partial charge on any atom is 0.258 e. The van der Waals surface area contributed by atoms with Gasteiger partial charge in [-0.25, -0.2) is 0 Å². The summed E-state index contributed by atoms with van der Waals surface area (Å²) in [5.41, 5.74) is 1.97. The maximum atomic E-state index is 12.3. The molecule has 2 aromatic rings. The number of nitrogens with zero attached hydrogens (tertiary/aromatic N) is 3. The predicted octanol–water partition coefficient (Wildman–Crippen LogP) is 2.71. The second-order valence-electron chi connectivity index (χ2n) is 4.18. The number of benzene rings is 2. The lowest BCUT2D eigenvalue weighted by molar-refractivity contribution is 0.0993. The van der Waals surface area contributed by atoms with E-state index in [1.165, 1.54) is 4.90 Å². The van der Waals surface area contributed by atoms with Crippen LogP contribution < -0.4 is 4.90 Å². The number of amides is 1. The number of para-hydroxylation sites is 1. The molecule has 4 heteroatoms. The average molecular weight is 261 g/mol. The van der Waals surface area contributed by atoms with Crippen LogP contribution in [0.1, 0.15) is 21.5 Å². The molecule has 0 N–H and O–H groups in total. The summed E-state index contributed by atoms with van der Waals surface area (Å²) in [4.78, 5) is 13.8. The molecule has 0 aliphatic heterocycles.